The second-order valence-electron chi connectivity index (χ2n) is 4.78. The molecule has 0 fully saturated rings. The van der Waals surface area contributed by atoms with Crippen LogP contribution in [-0.4, -0.2) is 18.6 Å². The van der Waals surface area contributed by atoms with Gasteiger partial charge in [-0.3, -0.25) is 0 Å². The van der Waals surface area contributed by atoms with Crippen molar-refractivity contribution in [1.29, 1.82) is 0 Å². The van der Waals surface area contributed by atoms with E-state index in [4.69, 9.17) is 4.74 Å². The van der Waals surface area contributed by atoms with Crippen molar-refractivity contribution in [3.8, 4) is 5.75 Å². The van der Waals surface area contributed by atoms with Crippen molar-refractivity contribution in [1.82, 2.24) is 10.3 Å². The summed E-state index contributed by atoms with van der Waals surface area (Å²) in [6, 6.07) is 8.19. The van der Waals surface area contributed by atoms with E-state index in [1.54, 1.807) is 18.4 Å². The molecule has 0 saturated heterocycles. The zero-order chi connectivity index (χ0) is 14.2. The molecule has 0 aliphatic heterocycles. The van der Waals surface area contributed by atoms with Crippen molar-refractivity contribution in [2.75, 3.05) is 13.7 Å². The van der Waals surface area contributed by atoms with Crippen LogP contribution in [0.5, 0.6) is 5.75 Å². The van der Waals surface area contributed by atoms with E-state index in [2.05, 4.69) is 29.4 Å². The highest BCUT2D eigenvalue weighted by atomic mass is 32.1. The molecule has 108 valence electrons. The predicted octanol–water partition coefficient (Wildman–Crippen LogP) is 3.63. The average Bonchev–Trinajstić information content (AvgIpc) is 2.92. The van der Waals surface area contributed by atoms with Crippen molar-refractivity contribution in [3.05, 3.63) is 45.9 Å². The van der Waals surface area contributed by atoms with E-state index in [1.807, 2.05) is 18.3 Å². The van der Waals surface area contributed by atoms with Gasteiger partial charge in [0.1, 0.15) is 5.75 Å². The molecule has 2 rings (SSSR count). The zero-order valence-corrected chi connectivity index (χ0v) is 13.0. The first-order valence-corrected chi connectivity index (χ1v) is 7.90. The number of thiazole rings is 1. The quantitative estimate of drug-likeness (QED) is 0.754. The summed E-state index contributed by atoms with van der Waals surface area (Å²) in [6.07, 6.45) is 5.35. The van der Waals surface area contributed by atoms with Crippen molar-refractivity contribution in [3.63, 3.8) is 0 Å². The van der Waals surface area contributed by atoms with Crippen molar-refractivity contribution in [2.45, 2.75) is 32.7 Å². The molecule has 1 aromatic carbocycles. The van der Waals surface area contributed by atoms with Crippen LogP contribution in [-0.2, 0) is 13.0 Å². The van der Waals surface area contributed by atoms with Crippen LogP contribution in [0.1, 0.15) is 35.2 Å². The van der Waals surface area contributed by atoms with Gasteiger partial charge in [-0.1, -0.05) is 25.5 Å². The number of ether oxygens (including phenoxy) is 1. The van der Waals surface area contributed by atoms with Gasteiger partial charge in [-0.25, -0.2) is 4.98 Å². The average molecular weight is 290 g/mol. The maximum absolute atomic E-state index is 5.17. The third kappa shape index (κ3) is 4.62. The Morgan fingerprint density at radius 3 is 2.75 bits per heavy atom. The molecule has 0 bridgehead atoms. The topological polar surface area (TPSA) is 34.2 Å². The Morgan fingerprint density at radius 1 is 1.25 bits per heavy atom. The highest BCUT2D eigenvalue weighted by Gasteiger charge is 2.03. The first-order valence-electron chi connectivity index (χ1n) is 7.09. The molecule has 0 aliphatic carbocycles. The van der Waals surface area contributed by atoms with Crippen LogP contribution in [0.15, 0.2) is 30.5 Å². The van der Waals surface area contributed by atoms with Gasteiger partial charge in [0.05, 0.1) is 12.1 Å². The van der Waals surface area contributed by atoms with Crippen LogP contribution in [0.2, 0.25) is 0 Å². The molecular formula is C16H22N2OS. The lowest BCUT2D eigenvalue weighted by atomic mass is 10.1. The SMILES string of the molecule is CCCCNCc1cnc(Cc2ccc(OC)cc2)s1. The molecule has 0 spiro atoms. The van der Waals surface area contributed by atoms with E-state index < -0.39 is 0 Å². The van der Waals surface area contributed by atoms with Crippen molar-refractivity contribution in [2.24, 2.45) is 0 Å². The number of nitrogens with one attached hydrogen (secondary N) is 1. The highest BCUT2D eigenvalue weighted by Crippen LogP contribution is 2.18. The monoisotopic (exact) mass is 290 g/mol. The van der Waals surface area contributed by atoms with Crippen LogP contribution < -0.4 is 10.1 Å². The maximum atomic E-state index is 5.17. The van der Waals surface area contributed by atoms with E-state index in [-0.39, 0.29) is 0 Å². The molecule has 20 heavy (non-hydrogen) atoms. The van der Waals surface area contributed by atoms with Gasteiger partial charge in [-0.05, 0) is 30.7 Å². The van der Waals surface area contributed by atoms with E-state index >= 15 is 0 Å². The van der Waals surface area contributed by atoms with Crippen LogP contribution >= 0.6 is 11.3 Å². The maximum Gasteiger partial charge on any atom is 0.118 e. The first kappa shape index (κ1) is 15.0. The summed E-state index contributed by atoms with van der Waals surface area (Å²) in [5.41, 5.74) is 1.27. The van der Waals surface area contributed by atoms with Gasteiger partial charge in [0, 0.05) is 24.0 Å². The molecule has 0 atom stereocenters. The molecule has 1 N–H and O–H groups in total. The molecule has 0 aliphatic rings. The van der Waals surface area contributed by atoms with Gasteiger partial charge in [0.25, 0.3) is 0 Å². The number of hydrogen-bond acceptors (Lipinski definition) is 4. The lowest BCUT2D eigenvalue weighted by Gasteiger charge is -2.01. The molecule has 0 saturated carbocycles. The molecule has 4 heteroatoms. The first-order chi connectivity index (χ1) is 9.81. The summed E-state index contributed by atoms with van der Waals surface area (Å²) >= 11 is 1.79. The van der Waals surface area contributed by atoms with Gasteiger partial charge >= 0.3 is 0 Å². The largest absolute Gasteiger partial charge is 0.497 e. The third-order valence-corrected chi connectivity index (χ3v) is 4.12. The fraction of sp³-hybridized carbons (Fsp3) is 0.438. The minimum absolute atomic E-state index is 0.892. The van der Waals surface area contributed by atoms with Crippen molar-refractivity contribution < 1.29 is 4.74 Å². The van der Waals surface area contributed by atoms with Crippen molar-refractivity contribution >= 4 is 11.3 Å². The van der Waals surface area contributed by atoms with E-state index in [9.17, 15) is 0 Å². The van der Waals surface area contributed by atoms with E-state index in [0.29, 0.717) is 0 Å². The number of methoxy groups -OCH3 is 1. The molecule has 1 aromatic heterocycles. The Morgan fingerprint density at radius 2 is 2.05 bits per heavy atom. The fourth-order valence-electron chi connectivity index (χ4n) is 1.94. The number of benzene rings is 1. The number of aromatic nitrogens is 1. The predicted molar refractivity (Wildman–Crippen MR) is 84.5 cm³/mol. The van der Waals surface area contributed by atoms with Crippen LogP contribution in [0.3, 0.4) is 0 Å². The van der Waals surface area contributed by atoms with E-state index in [1.165, 1.54) is 28.3 Å². The minimum Gasteiger partial charge on any atom is -0.497 e. The standard InChI is InChI=1S/C16H22N2OS/c1-3-4-9-17-11-15-12-18-16(20-15)10-13-5-7-14(19-2)8-6-13/h5-8,12,17H,3-4,9-11H2,1-2H3. The number of unbranched alkanes of at least 4 members (excludes halogenated alkanes) is 1. The van der Waals surface area contributed by atoms with Gasteiger partial charge in [0.15, 0.2) is 0 Å². The second-order valence-corrected chi connectivity index (χ2v) is 5.98. The molecule has 3 nitrogen and oxygen atoms in total. The summed E-state index contributed by atoms with van der Waals surface area (Å²) in [7, 11) is 1.69. The summed E-state index contributed by atoms with van der Waals surface area (Å²) in [5, 5.41) is 4.62. The van der Waals surface area contributed by atoms with Crippen LogP contribution in [0, 0.1) is 0 Å². The normalized spacial score (nSPS) is 10.7. The number of rotatable bonds is 8. The zero-order valence-electron chi connectivity index (χ0n) is 12.2. The number of nitrogens with zero attached hydrogens (tertiary/aromatic N) is 1. The van der Waals surface area contributed by atoms with E-state index in [0.717, 1.165) is 25.3 Å². The van der Waals surface area contributed by atoms with Crippen LogP contribution in [0.4, 0.5) is 0 Å². The minimum atomic E-state index is 0.892. The Balaban J connectivity index is 1.85. The highest BCUT2D eigenvalue weighted by molar-refractivity contribution is 7.11. The summed E-state index contributed by atoms with van der Waals surface area (Å²) in [6.45, 7) is 4.23. The molecule has 2 aromatic rings. The molecule has 0 radical (unpaired) electrons. The van der Waals surface area contributed by atoms with Gasteiger partial charge in [-0.2, -0.15) is 0 Å². The van der Waals surface area contributed by atoms with Gasteiger partial charge in [-0.15, -0.1) is 11.3 Å². The smallest absolute Gasteiger partial charge is 0.118 e. The molecular weight excluding hydrogens is 268 g/mol. The Bertz CT molecular complexity index is 507. The summed E-state index contributed by atoms with van der Waals surface area (Å²) < 4.78 is 5.17. The van der Waals surface area contributed by atoms with Gasteiger partial charge < -0.3 is 10.1 Å². The fourth-order valence-corrected chi connectivity index (χ4v) is 2.87. The summed E-state index contributed by atoms with van der Waals surface area (Å²) in [5.74, 6) is 0.897. The molecule has 1 heterocycles. The number of hydrogen-bond donors (Lipinski definition) is 1. The lowest BCUT2D eigenvalue weighted by Crippen LogP contribution is -2.13. The third-order valence-electron chi connectivity index (χ3n) is 3.12. The lowest BCUT2D eigenvalue weighted by molar-refractivity contribution is 0.414. The summed E-state index contributed by atoms with van der Waals surface area (Å²) in [4.78, 5) is 5.81. The Hall–Kier alpha value is -1.39. The second kappa shape index (κ2) is 8.02. The molecule has 0 unspecified atom stereocenters. The Kier molecular flexibility index (Phi) is 6.02. The molecule has 0 amide bonds. The van der Waals surface area contributed by atoms with Gasteiger partial charge in [0.2, 0.25) is 0 Å². The Labute approximate surface area is 125 Å². The van der Waals surface area contributed by atoms with Crippen LogP contribution in [0.25, 0.3) is 0 Å².